The zero-order valence-corrected chi connectivity index (χ0v) is 13.9. The number of carbonyl (C=O) groups is 3. The van der Waals surface area contributed by atoms with Crippen LogP contribution in [0.25, 0.3) is 11.4 Å². The number of likely N-dealkylation sites (N-methyl/N-ethyl adjacent to an activating group) is 1. The number of amides is 1. The maximum Gasteiger partial charge on any atom is 0.491 e. The first-order chi connectivity index (χ1) is 12.7. The standard InChI is InChI=1S/C15H13F3N5O4/c1-22(9-12(25)27-14(26)15(16,17)18)11(24)8-23-6-3-10(7-21-23)13-19-4-2-5-20-13/h2-7H,8-9H2,1H3/q+1. The molecular weight excluding hydrogens is 371 g/mol. The van der Waals surface area contributed by atoms with E-state index in [1.807, 2.05) is 0 Å². The van der Waals surface area contributed by atoms with Crippen LogP contribution in [0.5, 0.6) is 0 Å². The van der Waals surface area contributed by atoms with Gasteiger partial charge in [-0.3, -0.25) is 4.79 Å². The minimum absolute atomic E-state index is 0.285. The number of rotatable bonds is 5. The Morgan fingerprint density at radius 3 is 2.44 bits per heavy atom. The van der Waals surface area contributed by atoms with E-state index < -0.39 is 30.6 Å². The third-order valence-corrected chi connectivity index (χ3v) is 3.12. The maximum absolute atomic E-state index is 12.0. The van der Waals surface area contributed by atoms with E-state index >= 15 is 0 Å². The van der Waals surface area contributed by atoms with Crippen LogP contribution in [0.2, 0.25) is 0 Å². The smallest absolute Gasteiger partial charge is 0.385 e. The molecule has 0 bridgehead atoms. The Hall–Kier alpha value is -3.44. The van der Waals surface area contributed by atoms with Crippen molar-refractivity contribution in [1.82, 2.24) is 20.0 Å². The summed E-state index contributed by atoms with van der Waals surface area (Å²) in [6, 6.07) is 3.27. The quantitative estimate of drug-likeness (QED) is 0.403. The van der Waals surface area contributed by atoms with Gasteiger partial charge in [0.1, 0.15) is 12.7 Å². The summed E-state index contributed by atoms with van der Waals surface area (Å²) in [6.07, 6.45) is 0.735. The number of nitrogens with zero attached hydrogens (tertiary/aromatic N) is 5. The first-order valence-corrected chi connectivity index (χ1v) is 7.36. The largest absolute Gasteiger partial charge is 0.491 e. The molecule has 142 valence electrons. The molecule has 0 spiro atoms. The molecular formula is C15H13F3N5O4+. The van der Waals surface area contributed by atoms with E-state index in [1.54, 1.807) is 24.5 Å². The SMILES string of the molecule is CN(CC(=O)OC(=O)C(F)(F)F)C(=O)C[n+]1ccc(-c2ncccn2)cn1. The van der Waals surface area contributed by atoms with Crippen LogP contribution >= 0.6 is 0 Å². The van der Waals surface area contributed by atoms with E-state index in [4.69, 9.17) is 0 Å². The fourth-order valence-corrected chi connectivity index (χ4v) is 1.79. The number of hydrogen-bond acceptors (Lipinski definition) is 7. The molecule has 0 saturated carbocycles. The summed E-state index contributed by atoms with van der Waals surface area (Å²) in [5.74, 6) is -4.32. The van der Waals surface area contributed by atoms with Crippen LogP contribution in [0.1, 0.15) is 0 Å². The van der Waals surface area contributed by atoms with E-state index in [2.05, 4.69) is 19.8 Å². The normalized spacial score (nSPS) is 11.0. The number of halogens is 3. The van der Waals surface area contributed by atoms with Crippen LogP contribution in [-0.2, 0) is 25.7 Å². The van der Waals surface area contributed by atoms with Gasteiger partial charge >= 0.3 is 18.1 Å². The van der Waals surface area contributed by atoms with Gasteiger partial charge in [0, 0.05) is 31.1 Å². The molecule has 1 amide bonds. The molecule has 0 saturated heterocycles. The zero-order chi connectivity index (χ0) is 20.0. The van der Waals surface area contributed by atoms with Gasteiger partial charge in [-0.1, -0.05) is 4.68 Å². The highest BCUT2D eigenvalue weighted by molar-refractivity contribution is 5.90. The molecule has 9 nitrogen and oxygen atoms in total. The first-order valence-electron chi connectivity index (χ1n) is 7.36. The highest BCUT2D eigenvalue weighted by atomic mass is 19.4. The molecule has 2 aromatic rings. The topological polar surface area (TPSA) is 106 Å². The van der Waals surface area contributed by atoms with E-state index in [-0.39, 0.29) is 6.54 Å². The number of carbonyl (C=O) groups excluding carboxylic acids is 3. The third kappa shape index (κ3) is 5.80. The van der Waals surface area contributed by atoms with E-state index in [1.165, 1.54) is 24.1 Å². The van der Waals surface area contributed by atoms with Crippen molar-refractivity contribution in [2.75, 3.05) is 13.6 Å². The molecule has 0 atom stereocenters. The molecule has 27 heavy (non-hydrogen) atoms. The summed E-state index contributed by atoms with van der Waals surface area (Å²) in [5.41, 5.74) is 0.613. The number of alkyl halides is 3. The fourth-order valence-electron chi connectivity index (χ4n) is 1.79. The van der Waals surface area contributed by atoms with Crippen LogP contribution in [0.4, 0.5) is 13.2 Å². The minimum Gasteiger partial charge on any atom is -0.385 e. The zero-order valence-electron chi connectivity index (χ0n) is 13.9. The van der Waals surface area contributed by atoms with Crippen molar-refractivity contribution < 1.29 is 37.0 Å². The molecule has 0 radical (unpaired) electrons. The summed E-state index contributed by atoms with van der Waals surface area (Å²) in [5, 5.41) is 4.01. The second kappa shape index (κ2) is 8.29. The van der Waals surface area contributed by atoms with Crippen LogP contribution in [-0.4, -0.2) is 57.6 Å². The summed E-state index contributed by atoms with van der Waals surface area (Å²) in [7, 11) is 1.17. The lowest BCUT2D eigenvalue weighted by molar-refractivity contribution is -0.742. The highest BCUT2D eigenvalue weighted by Gasteiger charge is 2.42. The third-order valence-electron chi connectivity index (χ3n) is 3.12. The molecule has 0 unspecified atom stereocenters. The number of esters is 2. The van der Waals surface area contributed by atoms with Crippen molar-refractivity contribution >= 4 is 17.8 Å². The van der Waals surface area contributed by atoms with Crippen LogP contribution in [0.15, 0.2) is 36.9 Å². The van der Waals surface area contributed by atoms with Gasteiger partial charge in [-0.25, -0.2) is 19.6 Å². The van der Waals surface area contributed by atoms with Crippen LogP contribution < -0.4 is 4.68 Å². The van der Waals surface area contributed by atoms with Gasteiger partial charge in [0.25, 0.3) is 12.5 Å². The van der Waals surface area contributed by atoms with Crippen molar-refractivity contribution in [3.63, 3.8) is 0 Å². The average Bonchev–Trinajstić information content (AvgIpc) is 2.62. The van der Waals surface area contributed by atoms with Gasteiger partial charge in [0.15, 0.2) is 12.0 Å². The molecule has 0 N–H and O–H groups in total. The Labute approximate surface area is 150 Å². The monoisotopic (exact) mass is 384 g/mol. The molecule has 0 aliphatic heterocycles. The number of aromatic nitrogens is 4. The van der Waals surface area contributed by atoms with Crippen LogP contribution in [0.3, 0.4) is 0 Å². The molecule has 2 rings (SSSR count). The molecule has 0 fully saturated rings. The van der Waals surface area contributed by atoms with Crippen molar-refractivity contribution in [3.8, 4) is 11.4 Å². The highest BCUT2D eigenvalue weighted by Crippen LogP contribution is 2.16. The molecule has 12 heteroatoms. The van der Waals surface area contributed by atoms with Crippen molar-refractivity contribution in [3.05, 3.63) is 36.9 Å². The Morgan fingerprint density at radius 1 is 1.22 bits per heavy atom. The predicted molar refractivity (Wildman–Crippen MR) is 80.2 cm³/mol. The van der Waals surface area contributed by atoms with Gasteiger partial charge in [-0.05, 0) is 11.2 Å². The molecule has 0 aliphatic carbocycles. The second-order valence-corrected chi connectivity index (χ2v) is 5.19. The fraction of sp³-hybridized carbons (Fsp3) is 0.267. The lowest BCUT2D eigenvalue weighted by Gasteiger charge is -2.14. The Morgan fingerprint density at radius 2 is 1.89 bits per heavy atom. The van der Waals surface area contributed by atoms with Gasteiger partial charge < -0.3 is 9.64 Å². The van der Waals surface area contributed by atoms with E-state index in [0.29, 0.717) is 11.4 Å². The molecule has 0 aliphatic rings. The van der Waals surface area contributed by atoms with E-state index in [9.17, 15) is 27.6 Å². The van der Waals surface area contributed by atoms with E-state index in [0.717, 1.165) is 4.90 Å². The molecule has 2 heterocycles. The Bertz CT molecular complexity index is 828. The molecule has 0 aromatic carbocycles. The summed E-state index contributed by atoms with van der Waals surface area (Å²) < 4.78 is 40.9. The predicted octanol–water partition coefficient (Wildman–Crippen LogP) is -0.0834. The lowest BCUT2D eigenvalue weighted by atomic mass is 10.3. The second-order valence-electron chi connectivity index (χ2n) is 5.19. The lowest BCUT2D eigenvalue weighted by Crippen LogP contribution is -2.47. The first kappa shape index (κ1) is 19.9. The van der Waals surface area contributed by atoms with Gasteiger partial charge in [-0.15, -0.1) is 0 Å². The average molecular weight is 384 g/mol. The number of ether oxygens (including phenoxy) is 1. The minimum atomic E-state index is -5.29. The van der Waals surface area contributed by atoms with Crippen molar-refractivity contribution in [2.24, 2.45) is 0 Å². The Balaban J connectivity index is 1.90. The number of hydrogen-bond donors (Lipinski definition) is 0. The van der Waals surface area contributed by atoms with Crippen LogP contribution in [0, 0.1) is 0 Å². The molecule has 2 aromatic heterocycles. The summed E-state index contributed by atoms with van der Waals surface area (Å²) in [4.78, 5) is 42.8. The summed E-state index contributed by atoms with van der Waals surface area (Å²) in [6.45, 7) is -1.11. The van der Waals surface area contributed by atoms with Crippen molar-refractivity contribution in [1.29, 1.82) is 0 Å². The van der Waals surface area contributed by atoms with Gasteiger partial charge in [0.05, 0.1) is 0 Å². The van der Waals surface area contributed by atoms with Gasteiger partial charge in [-0.2, -0.15) is 13.2 Å². The van der Waals surface area contributed by atoms with Gasteiger partial charge in [0.2, 0.25) is 0 Å². The Kier molecular flexibility index (Phi) is 6.11. The maximum atomic E-state index is 12.0. The summed E-state index contributed by atoms with van der Waals surface area (Å²) >= 11 is 0. The van der Waals surface area contributed by atoms with Crippen molar-refractivity contribution in [2.45, 2.75) is 12.7 Å².